The normalized spacial score (nSPS) is 10.8. The highest BCUT2D eigenvalue weighted by Crippen LogP contribution is 2.36. The van der Waals surface area contributed by atoms with Crippen molar-refractivity contribution in [3.8, 4) is 0 Å². The van der Waals surface area contributed by atoms with Crippen molar-refractivity contribution >= 4 is 50.8 Å². The molecule has 0 radical (unpaired) electrons. The van der Waals surface area contributed by atoms with Crippen LogP contribution in [0.25, 0.3) is 10.2 Å². The van der Waals surface area contributed by atoms with E-state index in [0.717, 1.165) is 19.5 Å². The van der Waals surface area contributed by atoms with Crippen LogP contribution in [0.3, 0.4) is 0 Å². The molecular weight excluding hydrogens is 310 g/mol. The molecule has 100 valence electrons. The van der Waals surface area contributed by atoms with E-state index >= 15 is 0 Å². The highest BCUT2D eigenvalue weighted by atomic mass is 35.5. The number of thiazole rings is 1. The van der Waals surface area contributed by atoms with Gasteiger partial charge in [0, 0.05) is 15.5 Å². The average Bonchev–Trinajstić information content (AvgIpc) is 2.82. The highest BCUT2D eigenvalue weighted by Gasteiger charge is 2.11. The fourth-order valence-electron chi connectivity index (χ4n) is 1.79. The minimum Gasteiger partial charge on any atom is -0.384 e. The summed E-state index contributed by atoms with van der Waals surface area (Å²) in [6.07, 6.45) is 0. The highest BCUT2D eigenvalue weighted by molar-refractivity contribution is 8.01. The van der Waals surface area contributed by atoms with Gasteiger partial charge >= 0.3 is 0 Å². The molecule has 0 saturated carbocycles. The molecule has 0 unspecified atom stereocenters. The third-order valence-corrected chi connectivity index (χ3v) is 5.11. The van der Waals surface area contributed by atoms with E-state index in [1.54, 1.807) is 23.5 Å². The van der Waals surface area contributed by atoms with Gasteiger partial charge in [0.2, 0.25) is 0 Å². The number of amidine groups is 1. The zero-order valence-corrected chi connectivity index (χ0v) is 12.6. The van der Waals surface area contributed by atoms with Crippen molar-refractivity contribution in [1.29, 1.82) is 5.41 Å². The maximum Gasteiger partial charge on any atom is 0.155 e. The Hall–Kier alpha value is -1.56. The van der Waals surface area contributed by atoms with Gasteiger partial charge in [0.15, 0.2) is 4.34 Å². The molecular formula is C14H10ClN3S2. The van der Waals surface area contributed by atoms with E-state index in [1.807, 2.05) is 30.3 Å². The second kappa shape index (κ2) is 5.44. The van der Waals surface area contributed by atoms with E-state index < -0.39 is 0 Å². The summed E-state index contributed by atoms with van der Waals surface area (Å²) in [5, 5.41) is 8.21. The Labute approximate surface area is 129 Å². The lowest BCUT2D eigenvalue weighted by atomic mass is 10.2. The summed E-state index contributed by atoms with van der Waals surface area (Å²) in [7, 11) is 0. The van der Waals surface area contributed by atoms with Crippen LogP contribution in [-0.4, -0.2) is 10.8 Å². The molecule has 1 heterocycles. The standard InChI is InChI=1S/C14H10ClN3S2/c15-8-5-6-11(9(7-8)13(16)17)19-14-18-10-3-1-2-4-12(10)20-14/h1-7H,(H3,16,17). The van der Waals surface area contributed by atoms with E-state index in [2.05, 4.69) is 4.98 Å². The summed E-state index contributed by atoms with van der Waals surface area (Å²) < 4.78 is 2.07. The van der Waals surface area contributed by atoms with Crippen LogP contribution in [0.15, 0.2) is 51.7 Å². The molecule has 3 N–H and O–H groups in total. The Morgan fingerprint density at radius 3 is 2.80 bits per heavy atom. The average molecular weight is 320 g/mol. The van der Waals surface area contributed by atoms with Crippen molar-refractivity contribution in [2.75, 3.05) is 0 Å². The Kier molecular flexibility index (Phi) is 3.65. The largest absolute Gasteiger partial charge is 0.384 e. The molecule has 0 atom stereocenters. The minimum atomic E-state index is 0.0103. The van der Waals surface area contributed by atoms with Crippen LogP contribution in [0.2, 0.25) is 5.02 Å². The molecule has 0 aliphatic heterocycles. The number of fused-ring (bicyclic) bond motifs is 1. The van der Waals surface area contributed by atoms with Gasteiger partial charge in [-0.15, -0.1) is 11.3 Å². The fourth-order valence-corrected chi connectivity index (χ4v) is 4.11. The van der Waals surface area contributed by atoms with E-state index in [0.29, 0.717) is 10.6 Å². The third-order valence-electron chi connectivity index (χ3n) is 2.70. The number of para-hydroxylation sites is 1. The van der Waals surface area contributed by atoms with Gasteiger partial charge in [0.25, 0.3) is 0 Å². The number of nitrogens with zero attached hydrogens (tertiary/aromatic N) is 1. The van der Waals surface area contributed by atoms with Crippen LogP contribution < -0.4 is 5.73 Å². The molecule has 6 heteroatoms. The molecule has 0 aliphatic carbocycles. The van der Waals surface area contributed by atoms with Gasteiger partial charge in [-0.1, -0.05) is 35.5 Å². The molecule has 2 aromatic carbocycles. The number of nitrogen functional groups attached to an aromatic ring is 1. The molecule has 0 spiro atoms. The summed E-state index contributed by atoms with van der Waals surface area (Å²) in [4.78, 5) is 5.46. The Bertz CT molecular complexity index is 765. The van der Waals surface area contributed by atoms with Gasteiger partial charge < -0.3 is 5.73 Å². The van der Waals surface area contributed by atoms with Crippen LogP contribution in [0, 0.1) is 5.41 Å². The van der Waals surface area contributed by atoms with Crippen LogP contribution in [0.1, 0.15) is 5.56 Å². The molecule has 0 saturated heterocycles. The molecule has 20 heavy (non-hydrogen) atoms. The first-order chi connectivity index (χ1) is 9.63. The topological polar surface area (TPSA) is 62.8 Å². The molecule has 3 aromatic rings. The SMILES string of the molecule is N=C(N)c1cc(Cl)ccc1Sc1nc2ccccc2s1. The summed E-state index contributed by atoms with van der Waals surface area (Å²) in [6, 6.07) is 13.4. The van der Waals surface area contributed by atoms with E-state index in [-0.39, 0.29) is 5.84 Å². The van der Waals surface area contributed by atoms with Gasteiger partial charge in [-0.2, -0.15) is 0 Å². The number of hydrogen-bond donors (Lipinski definition) is 2. The van der Waals surface area contributed by atoms with Crippen molar-refractivity contribution in [1.82, 2.24) is 4.98 Å². The van der Waals surface area contributed by atoms with Gasteiger partial charge in [-0.3, -0.25) is 5.41 Å². The lowest BCUT2D eigenvalue weighted by molar-refractivity contribution is 1.28. The van der Waals surface area contributed by atoms with Crippen molar-refractivity contribution in [3.63, 3.8) is 0 Å². The van der Waals surface area contributed by atoms with Crippen LogP contribution in [0.5, 0.6) is 0 Å². The second-order valence-electron chi connectivity index (χ2n) is 4.10. The Morgan fingerprint density at radius 2 is 2.05 bits per heavy atom. The molecule has 0 bridgehead atoms. The lowest BCUT2D eigenvalue weighted by Gasteiger charge is -2.06. The monoisotopic (exact) mass is 319 g/mol. The Morgan fingerprint density at radius 1 is 1.25 bits per heavy atom. The van der Waals surface area contributed by atoms with Gasteiger partial charge in [-0.25, -0.2) is 4.98 Å². The van der Waals surface area contributed by atoms with E-state index in [1.165, 1.54) is 11.8 Å². The number of nitrogens with two attached hydrogens (primary N) is 1. The molecule has 0 aliphatic rings. The predicted octanol–water partition coefficient (Wildman–Crippen LogP) is 4.38. The zero-order chi connectivity index (χ0) is 14.1. The van der Waals surface area contributed by atoms with Crippen molar-refractivity contribution < 1.29 is 0 Å². The van der Waals surface area contributed by atoms with Crippen LogP contribution in [0.4, 0.5) is 0 Å². The van der Waals surface area contributed by atoms with Gasteiger partial charge in [-0.05, 0) is 30.3 Å². The first-order valence-electron chi connectivity index (χ1n) is 5.81. The number of aromatic nitrogens is 1. The summed E-state index contributed by atoms with van der Waals surface area (Å²) in [6.45, 7) is 0. The predicted molar refractivity (Wildman–Crippen MR) is 86.2 cm³/mol. The van der Waals surface area contributed by atoms with Crippen molar-refractivity contribution in [2.24, 2.45) is 5.73 Å². The maximum atomic E-state index is 7.63. The van der Waals surface area contributed by atoms with Crippen molar-refractivity contribution in [3.05, 3.63) is 53.1 Å². The van der Waals surface area contributed by atoms with Crippen LogP contribution >= 0.6 is 34.7 Å². The number of rotatable bonds is 3. The van der Waals surface area contributed by atoms with E-state index in [4.69, 9.17) is 22.7 Å². The smallest absolute Gasteiger partial charge is 0.155 e. The first-order valence-corrected chi connectivity index (χ1v) is 7.82. The number of benzene rings is 2. The van der Waals surface area contributed by atoms with Crippen molar-refractivity contribution in [2.45, 2.75) is 9.24 Å². The molecule has 0 amide bonds. The fraction of sp³-hybridized carbons (Fsp3) is 0. The quantitative estimate of drug-likeness (QED) is 0.556. The zero-order valence-electron chi connectivity index (χ0n) is 10.3. The van der Waals surface area contributed by atoms with Gasteiger partial charge in [0.05, 0.1) is 10.2 Å². The molecule has 3 nitrogen and oxygen atoms in total. The maximum absolute atomic E-state index is 7.63. The van der Waals surface area contributed by atoms with Crippen LogP contribution in [-0.2, 0) is 0 Å². The number of hydrogen-bond acceptors (Lipinski definition) is 4. The number of nitrogens with one attached hydrogen (secondary N) is 1. The Balaban J connectivity index is 2.00. The summed E-state index contributed by atoms with van der Waals surface area (Å²) >= 11 is 9.08. The lowest BCUT2D eigenvalue weighted by Crippen LogP contribution is -2.12. The minimum absolute atomic E-state index is 0.0103. The third kappa shape index (κ3) is 2.65. The second-order valence-corrected chi connectivity index (χ2v) is 6.86. The summed E-state index contributed by atoms with van der Waals surface area (Å²) in [5.41, 5.74) is 7.23. The molecule has 1 aromatic heterocycles. The molecule has 3 rings (SSSR count). The van der Waals surface area contributed by atoms with E-state index in [9.17, 15) is 0 Å². The number of halogens is 1. The summed E-state index contributed by atoms with van der Waals surface area (Å²) in [5.74, 6) is 0.0103. The van der Waals surface area contributed by atoms with Gasteiger partial charge in [0.1, 0.15) is 5.84 Å². The first kappa shape index (κ1) is 13.4. The molecule has 0 fully saturated rings.